The predicted octanol–water partition coefficient (Wildman–Crippen LogP) is 3.49. The number of halogens is 1. The predicted molar refractivity (Wildman–Crippen MR) is 102 cm³/mol. The van der Waals surface area contributed by atoms with Gasteiger partial charge in [0.25, 0.3) is 15.9 Å². The van der Waals surface area contributed by atoms with E-state index < -0.39 is 21.7 Å². The van der Waals surface area contributed by atoms with Crippen molar-refractivity contribution >= 4 is 21.6 Å². The van der Waals surface area contributed by atoms with E-state index in [1.807, 2.05) is 30.3 Å². The molecule has 1 amide bonds. The molecule has 8 heteroatoms. The second kappa shape index (κ2) is 8.64. The van der Waals surface area contributed by atoms with Gasteiger partial charge in [-0.15, -0.1) is 0 Å². The number of hydroxylamine groups is 1. The second-order valence-corrected chi connectivity index (χ2v) is 7.52. The molecule has 3 aromatic rings. The summed E-state index contributed by atoms with van der Waals surface area (Å²) in [6.07, 6.45) is 0. The van der Waals surface area contributed by atoms with E-state index in [0.29, 0.717) is 0 Å². The molecule has 0 fully saturated rings. The number of sulfonamides is 1. The van der Waals surface area contributed by atoms with Gasteiger partial charge in [0.2, 0.25) is 0 Å². The van der Waals surface area contributed by atoms with Crippen LogP contribution in [0, 0.1) is 5.82 Å². The topological polar surface area (TPSA) is 84.5 Å². The molecule has 0 aliphatic heterocycles. The smallest absolute Gasteiger partial charge is 0.274 e. The Morgan fingerprint density at radius 3 is 2.18 bits per heavy atom. The number of carbonyl (C=O) groups excluding carboxylic acids is 1. The summed E-state index contributed by atoms with van der Waals surface area (Å²) in [6, 6.07) is 19.6. The summed E-state index contributed by atoms with van der Waals surface area (Å²) < 4.78 is 40.0. The van der Waals surface area contributed by atoms with Crippen molar-refractivity contribution in [2.24, 2.45) is 0 Å². The molecule has 0 bridgehead atoms. The first-order valence-electron chi connectivity index (χ1n) is 8.28. The highest BCUT2D eigenvalue weighted by Crippen LogP contribution is 2.17. The molecule has 6 nitrogen and oxygen atoms in total. The molecular weight excluding hydrogens is 383 g/mol. The maximum atomic E-state index is 12.9. The van der Waals surface area contributed by atoms with Crippen LogP contribution in [-0.2, 0) is 21.5 Å². The van der Waals surface area contributed by atoms with E-state index in [0.717, 1.165) is 17.7 Å². The van der Waals surface area contributed by atoms with Crippen molar-refractivity contribution in [1.29, 1.82) is 0 Å². The molecule has 0 heterocycles. The van der Waals surface area contributed by atoms with Crippen LogP contribution in [0.1, 0.15) is 15.9 Å². The van der Waals surface area contributed by atoms with E-state index in [2.05, 4.69) is 10.2 Å². The average Bonchev–Trinajstić information content (AvgIpc) is 2.70. The van der Waals surface area contributed by atoms with Gasteiger partial charge in [0.05, 0.1) is 11.5 Å². The number of rotatable bonds is 7. The number of carbonyl (C=O) groups is 1. The molecule has 0 aliphatic rings. The molecule has 0 aliphatic carbocycles. The number of hydrogen-bond acceptors (Lipinski definition) is 4. The monoisotopic (exact) mass is 400 g/mol. The van der Waals surface area contributed by atoms with Gasteiger partial charge < -0.3 is 0 Å². The fourth-order valence-corrected chi connectivity index (χ4v) is 3.39. The van der Waals surface area contributed by atoms with E-state index in [4.69, 9.17) is 4.84 Å². The summed E-state index contributed by atoms with van der Waals surface area (Å²) in [4.78, 5) is 17.2. The number of nitrogens with one attached hydrogen (secondary N) is 2. The molecule has 0 unspecified atom stereocenters. The van der Waals surface area contributed by atoms with E-state index >= 15 is 0 Å². The van der Waals surface area contributed by atoms with Crippen LogP contribution in [0.3, 0.4) is 0 Å². The molecular formula is C20H17FN2O4S. The lowest BCUT2D eigenvalue weighted by Gasteiger charge is -2.09. The lowest BCUT2D eigenvalue weighted by atomic mass is 10.2. The van der Waals surface area contributed by atoms with Gasteiger partial charge in [-0.25, -0.2) is 18.3 Å². The van der Waals surface area contributed by atoms with Crippen molar-refractivity contribution in [2.75, 3.05) is 4.72 Å². The first-order chi connectivity index (χ1) is 13.4. The van der Waals surface area contributed by atoms with Crippen molar-refractivity contribution in [1.82, 2.24) is 5.48 Å². The molecule has 0 saturated carbocycles. The first kappa shape index (κ1) is 19.5. The van der Waals surface area contributed by atoms with Crippen LogP contribution in [0.5, 0.6) is 0 Å². The summed E-state index contributed by atoms with van der Waals surface area (Å²) in [5.41, 5.74) is 3.69. The second-order valence-electron chi connectivity index (χ2n) is 5.84. The third-order valence-corrected chi connectivity index (χ3v) is 5.17. The van der Waals surface area contributed by atoms with Crippen molar-refractivity contribution in [3.63, 3.8) is 0 Å². The maximum Gasteiger partial charge on any atom is 0.274 e. The zero-order valence-corrected chi connectivity index (χ0v) is 15.4. The Kier molecular flexibility index (Phi) is 6.03. The molecule has 144 valence electrons. The molecule has 0 spiro atoms. The lowest BCUT2D eigenvalue weighted by molar-refractivity contribution is 0.0233. The quantitative estimate of drug-likeness (QED) is 0.595. The SMILES string of the molecule is O=C(NOCc1ccccc1)c1ccc(S(=O)(=O)Nc2ccc(F)cc2)cc1. The van der Waals surface area contributed by atoms with Crippen LogP contribution < -0.4 is 10.2 Å². The molecule has 0 saturated heterocycles. The van der Waals surface area contributed by atoms with Crippen LogP contribution in [0.15, 0.2) is 83.8 Å². The Labute approximate surface area is 162 Å². The van der Waals surface area contributed by atoms with E-state index in [-0.39, 0.29) is 22.8 Å². The van der Waals surface area contributed by atoms with Gasteiger partial charge in [0, 0.05) is 11.3 Å². The number of hydrogen-bond donors (Lipinski definition) is 2. The van der Waals surface area contributed by atoms with Crippen LogP contribution in [0.2, 0.25) is 0 Å². The molecule has 28 heavy (non-hydrogen) atoms. The highest BCUT2D eigenvalue weighted by Gasteiger charge is 2.15. The Morgan fingerprint density at radius 2 is 1.54 bits per heavy atom. The molecule has 2 N–H and O–H groups in total. The number of amides is 1. The Hall–Kier alpha value is -3.23. The zero-order chi connectivity index (χ0) is 20.0. The average molecular weight is 400 g/mol. The van der Waals surface area contributed by atoms with Crippen molar-refractivity contribution < 1.29 is 22.4 Å². The molecule has 0 atom stereocenters. The van der Waals surface area contributed by atoms with Gasteiger partial charge in [-0.3, -0.25) is 14.4 Å². The fourth-order valence-electron chi connectivity index (χ4n) is 2.34. The number of anilines is 1. The minimum absolute atomic E-state index is 0.0291. The van der Waals surface area contributed by atoms with Crippen LogP contribution in [0.25, 0.3) is 0 Å². The van der Waals surface area contributed by atoms with Crippen LogP contribution in [0.4, 0.5) is 10.1 Å². The van der Waals surface area contributed by atoms with Gasteiger partial charge in [-0.05, 0) is 54.1 Å². The molecule has 0 radical (unpaired) electrons. The largest absolute Gasteiger partial charge is 0.280 e. The standard InChI is InChI=1S/C20H17FN2O4S/c21-17-8-10-18(11-9-17)23-28(25,26)19-12-6-16(7-13-19)20(24)22-27-14-15-4-2-1-3-5-15/h1-13,23H,14H2,(H,22,24). The summed E-state index contributed by atoms with van der Waals surface area (Å²) in [5, 5.41) is 0. The van der Waals surface area contributed by atoms with E-state index in [1.165, 1.54) is 36.4 Å². The minimum Gasteiger partial charge on any atom is -0.280 e. The highest BCUT2D eigenvalue weighted by atomic mass is 32.2. The van der Waals surface area contributed by atoms with Crippen LogP contribution in [-0.4, -0.2) is 14.3 Å². The lowest BCUT2D eigenvalue weighted by Crippen LogP contribution is -2.23. The Balaban J connectivity index is 1.60. The van der Waals surface area contributed by atoms with Crippen molar-refractivity contribution in [3.05, 3.63) is 95.8 Å². The number of benzene rings is 3. The van der Waals surface area contributed by atoms with Gasteiger partial charge in [0.15, 0.2) is 0 Å². The van der Waals surface area contributed by atoms with Gasteiger partial charge in [-0.2, -0.15) is 0 Å². The summed E-state index contributed by atoms with van der Waals surface area (Å²) in [5.74, 6) is -0.959. The first-order valence-corrected chi connectivity index (χ1v) is 9.77. The highest BCUT2D eigenvalue weighted by molar-refractivity contribution is 7.92. The van der Waals surface area contributed by atoms with E-state index in [1.54, 1.807) is 0 Å². The summed E-state index contributed by atoms with van der Waals surface area (Å²) in [6.45, 7) is 0.209. The van der Waals surface area contributed by atoms with Crippen LogP contribution >= 0.6 is 0 Å². The molecule has 3 aromatic carbocycles. The normalized spacial score (nSPS) is 11.0. The zero-order valence-electron chi connectivity index (χ0n) is 14.6. The molecule has 3 rings (SSSR count). The third kappa shape index (κ3) is 5.15. The van der Waals surface area contributed by atoms with Gasteiger partial charge >= 0.3 is 0 Å². The van der Waals surface area contributed by atoms with Gasteiger partial charge in [-0.1, -0.05) is 30.3 Å². The Bertz CT molecular complexity index is 1040. The van der Waals surface area contributed by atoms with Crippen molar-refractivity contribution in [2.45, 2.75) is 11.5 Å². The summed E-state index contributed by atoms with van der Waals surface area (Å²) in [7, 11) is -3.86. The minimum atomic E-state index is -3.86. The third-order valence-electron chi connectivity index (χ3n) is 3.77. The molecule has 0 aromatic heterocycles. The van der Waals surface area contributed by atoms with Gasteiger partial charge in [0.1, 0.15) is 5.82 Å². The Morgan fingerprint density at radius 1 is 0.893 bits per heavy atom. The maximum absolute atomic E-state index is 12.9. The van der Waals surface area contributed by atoms with E-state index in [9.17, 15) is 17.6 Å². The summed E-state index contributed by atoms with van der Waals surface area (Å²) >= 11 is 0. The fraction of sp³-hybridized carbons (Fsp3) is 0.0500. The van der Waals surface area contributed by atoms with Crippen molar-refractivity contribution in [3.8, 4) is 0 Å².